The summed E-state index contributed by atoms with van der Waals surface area (Å²) in [4.78, 5) is 10.4. The maximum Gasteiger partial charge on any atom is 0.404 e. The van der Waals surface area contributed by atoms with E-state index in [4.69, 9.17) is 10.8 Å². The van der Waals surface area contributed by atoms with Crippen LogP contribution in [0.2, 0.25) is 0 Å². The van der Waals surface area contributed by atoms with E-state index in [0.29, 0.717) is 0 Å². The third-order valence-corrected chi connectivity index (χ3v) is 2.27. The Labute approximate surface area is 77.8 Å². The summed E-state index contributed by atoms with van der Waals surface area (Å²) in [5.41, 5.74) is 5.78. The first-order valence-corrected chi connectivity index (χ1v) is 4.62. The van der Waals surface area contributed by atoms with Crippen LogP contribution in [0.1, 0.15) is 25.7 Å². The molecule has 0 aromatic rings. The summed E-state index contributed by atoms with van der Waals surface area (Å²) < 4.78 is 0. The molecule has 2 atom stereocenters. The van der Waals surface area contributed by atoms with Gasteiger partial charge in [-0.3, -0.25) is 0 Å². The highest BCUT2D eigenvalue weighted by Crippen LogP contribution is 2.11. The number of nitrogens with one attached hydrogen (secondary N) is 1. The molecule has 0 bridgehead atoms. The average Bonchev–Trinajstić information content (AvgIpc) is 2.04. The van der Waals surface area contributed by atoms with Gasteiger partial charge in [0.1, 0.15) is 0 Å². The maximum absolute atomic E-state index is 10.4. The zero-order valence-corrected chi connectivity index (χ0v) is 7.57. The van der Waals surface area contributed by atoms with Gasteiger partial charge in [0, 0.05) is 6.04 Å². The van der Waals surface area contributed by atoms with Crippen molar-refractivity contribution < 1.29 is 9.90 Å². The number of carbonyl (C=O) groups is 1. The van der Waals surface area contributed by atoms with Crippen molar-refractivity contribution in [1.29, 1.82) is 0 Å². The highest BCUT2D eigenvalue weighted by atomic mass is 16.4. The van der Waals surface area contributed by atoms with E-state index in [1.807, 2.05) is 12.2 Å². The lowest BCUT2D eigenvalue weighted by Gasteiger charge is -2.22. The zero-order valence-electron chi connectivity index (χ0n) is 7.57. The first-order chi connectivity index (χ1) is 6.20. The molecule has 4 N–H and O–H groups in total. The average molecular weight is 184 g/mol. The molecule has 74 valence electrons. The fourth-order valence-electron chi connectivity index (χ4n) is 1.53. The van der Waals surface area contributed by atoms with Crippen LogP contribution in [-0.2, 0) is 0 Å². The van der Waals surface area contributed by atoms with Crippen LogP contribution >= 0.6 is 0 Å². The van der Waals surface area contributed by atoms with Gasteiger partial charge in [-0.25, -0.2) is 4.79 Å². The van der Waals surface area contributed by atoms with E-state index in [0.717, 1.165) is 25.7 Å². The van der Waals surface area contributed by atoms with Crippen molar-refractivity contribution >= 4 is 6.09 Å². The molecule has 0 fully saturated rings. The summed E-state index contributed by atoms with van der Waals surface area (Å²) in [7, 11) is 0. The van der Waals surface area contributed by atoms with Crippen molar-refractivity contribution in [2.24, 2.45) is 5.73 Å². The van der Waals surface area contributed by atoms with Crippen LogP contribution < -0.4 is 11.1 Å². The molecule has 0 radical (unpaired) electrons. The van der Waals surface area contributed by atoms with Crippen LogP contribution in [0.25, 0.3) is 0 Å². The summed E-state index contributed by atoms with van der Waals surface area (Å²) >= 11 is 0. The SMILES string of the molecule is NC1/C=C/CCCC[C@H]1NC(=O)O. The van der Waals surface area contributed by atoms with Gasteiger partial charge in [0.05, 0.1) is 6.04 Å². The Hall–Kier alpha value is -1.03. The monoisotopic (exact) mass is 184 g/mol. The van der Waals surface area contributed by atoms with E-state index in [2.05, 4.69) is 5.32 Å². The number of nitrogens with two attached hydrogens (primary N) is 1. The van der Waals surface area contributed by atoms with Crippen molar-refractivity contribution in [2.75, 3.05) is 0 Å². The van der Waals surface area contributed by atoms with Gasteiger partial charge in [-0.2, -0.15) is 0 Å². The molecular weight excluding hydrogens is 168 g/mol. The van der Waals surface area contributed by atoms with Crippen molar-refractivity contribution in [3.63, 3.8) is 0 Å². The molecule has 1 aliphatic carbocycles. The van der Waals surface area contributed by atoms with Gasteiger partial charge in [-0.05, 0) is 19.3 Å². The topological polar surface area (TPSA) is 75.3 Å². The minimum Gasteiger partial charge on any atom is -0.465 e. The Morgan fingerprint density at radius 3 is 3.00 bits per heavy atom. The van der Waals surface area contributed by atoms with Gasteiger partial charge in [0.2, 0.25) is 0 Å². The largest absolute Gasteiger partial charge is 0.465 e. The van der Waals surface area contributed by atoms with E-state index < -0.39 is 6.09 Å². The van der Waals surface area contributed by atoms with Crippen molar-refractivity contribution in [3.8, 4) is 0 Å². The van der Waals surface area contributed by atoms with Crippen molar-refractivity contribution in [1.82, 2.24) is 5.32 Å². The normalized spacial score (nSPS) is 31.5. The molecule has 1 aliphatic rings. The second-order valence-electron chi connectivity index (χ2n) is 3.35. The molecule has 4 nitrogen and oxygen atoms in total. The number of hydrogen-bond acceptors (Lipinski definition) is 2. The summed E-state index contributed by atoms with van der Waals surface area (Å²) in [6.07, 6.45) is 6.95. The molecule has 1 rings (SSSR count). The molecule has 0 saturated carbocycles. The minimum absolute atomic E-state index is 0.131. The smallest absolute Gasteiger partial charge is 0.404 e. The fraction of sp³-hybridized carbons (Fsp3) is 0.667. The van der Waals surface area contributed by atoms with Crippen LogP contribution in [-0.4, -0.2) is 23.3 Å². The van der Waals surface area contributed by atoms with Crippen molar-refractivity contribution in [3.05, 3.63) is 12.2 Å². The van der Waals surface area contributed by atoms with E-state index >= 15 is 0 Å². The van der Waals surface area contributed by atoms with Gasteiger partial charge in [-0.15, -0.1) is 0 Å². The highest BCUT2D eigenvalue weighted by molar-refractivity contribution is 5.65. The number of allylic oxidation sites excluding steroid dienone is 1. The lowest BCUT2D eigenvalue weighted by molar-refractivity contribution is 0.187. The van der Waals surface area contributed by atoms with Crippen LogP contribution in [0, 0.1) is 0 Å². The fourth-order valence-corrected chi connectivity index (χ4v) is 1.53. The predicted octanol–water partition coefficient (Wildman–Crippen LogP) is 1.08. The molecular formula is C9H16N2O2. The molecule has 1 unspecified atom stereocenters. The molecule has 0 saturated heterocycles. The van der Waals surface area contributed by atoms with E-state index in [-0.39, 0.29) is 12.1 Å². The minimum atomic E-state index is -0.991. The van der Waals surface area contributed by atoms with E-state index in [9.17, 15) is 4.79 Å². The van der Waals surface area contributed by atoms with Gasteiger partial charge in [0.15, 0.2) is 0 Å². The molecule has 0 spiro atoms. The van der Waals surface area contributed by atoms with Gasteiger partial charge < -0.3 is 16.2 Å². The number of amides is 1. The Bertz CT molecular complexity index is 204. The molecule has 0 aliphatic heterocycles. The standard InChI is InChI=1S/C9H16N2O2/c10-7-5-3-1-2-4-6-8(7)11-9(12)13/h3,5,7-8,11H,1-2,4,6,10H2,(H,12,13)/b5-3+/t7?,8-/m1/s1. The third kappa shape index (κ3) is 3.46. The molecule has 0 aromatic heterocycles. The molecule has 13 heavy (non-hydrogen) atoms. The van der Waals surface area contributed by atoms with E-state index in [1.165, 1.54) is 0 Å². The zero-order chi connectivity index (χ0) is 9.68. The summed E-state index contributed by atoms with van der Waals surface area (Å²) in [6.45, 7) is 0. The van der Waals surface area contributed by atoms with Crippen molar-refractivity contribution in [2.45, 2.75) is 37.8 Å². The summed E-state index contributed by atoms with van der Waals surface area (Å²) in [5.74, 6) is 0. The summed E-state index contributed by atoms with van der Waals surface area (Å²) in [5, 5.41) is 11.0. The number of hydrogen-bond donors (Lipinski definition) is 3. The molecule has 4 heteroatoms. The number of carboxylic acid groups (broad SMARTS) is 1. The Kier molecular flexibility index (Phi) is 3.76. The predicted molar refractivity (Wildman–Crippen MR) is 50.5 cm³/mol. The van der Waals surface area contributed by atoms with Gasteiger partial charge >= 0.3 is 6.09 Å². The third-order valence-electron chi connectivity index (χ3n) is 2.27. The van der Waals surface area contributed by atoms with Gasteiger partial charge in [0.25, 0.3) is 0 Å². The Balaban J connectivity index is 2.52. The van der Waals surface area contributed by atoms with Crippen LogP contribution in [0.15, 0.2) is 12.2 Å². The Morgan fingerprint density at radius 1 is 1.54 bits per heavy atom. The second kappa shape index (κ2) is 4.87. The van der Waals surface area contributed by atoms with Crippen LogP contribution in [0.4, 0.5) is 4.79 Å². The lowest BCUT2D eigenvalue weighted by Crippen LogP contribution is -2.46. The molecule has 0 heterocycles. The molecule has 1 amide bonds. The van der Waals surface area contributed by atoms with Crippen LogP contribution in [0.3, 0.4) is 0 Å². The quantitative estimate of drug-likeness (QED) is 0.534. The highest BCUT2D eigenvalue weighted by Gasteiger charge is 2.17. The van der Waals surface area contributed by atoms with Crippen LogP contribution in [0.5, 0.6) is 0 Å². The first kappa shape index (κ1) is 10.1. The maximum atomic E-state index is 10.4. The lowest BCUT2D eigenvalue weighted by atomic mass is 9.98. The molecule has 0 aromatic carbocycles. The van der Waals surface area contributed by atoms with E-state index in [1.54, 1.807) is 0 Å². The Morgan fingerprint density at radius 2 is 2.31 bits per heavy atom. The van der Waals surface area contributed by atoms with Gasteiger partial charge in [-0.1, -0.05) is 18.6 Å². The number of rotatable bonds is 1. The summed E-state index contributed by atoms with van der Waals surface area (Å²) in [6, 6.07) is -0.314. The second-order valence-corrected chi connectivity index (χ2v) is 3.35. The first-order valence-electron chi connectivity index (χ1n) is 4.62.